The van der Waals surface area contributed by atoms with E-state index >= 15 is 0 Å². The van der Waals surface area contributed by atoms with Gasteiger partial charge in [-0.15, -0.1) is 0 Å². The second-order valence-corrected chi connectivity index (χ2v) is 11.8. The smallest absolute Gasteiger partial charge is 0.319 e. The summed E-state index contributed by atoms with van der Waals surface area (Å²) in [5.41, 5.74) is 2.46. The zero-order valence-corrected chi connectivity index (χ0v) is 25.3. The number of likely N-dealkylation sites (tertiary alicyclic amines) is 1. The van der Waals surface area contributed by atoms with Crippen molar-refractivity contribution in [3.05, 3.63) is 16.1 Å². The molecule has 0 amide bonds. The SMILES string of the molecule is CCCCCC1(CC)CCN(c2nc(OC3CCN(CC)CC3)nc3c(OCC)c(Br)c(C)cc23)CC1. The number of halogens is 1. The molecule has 37 heavy (non-hydrogen) atoms. The third-order valence-electron chi connectivity index (χ3n) is 8.75. The van der Waals surface area contributed by atoms with E-state index in [9.17, 15) is 0 Å². The molecule has 0 radical (unpaired) electrons. The Morgan fingerprint density at radius 2 is 1.76 bits per heavy atom. The van der Waals surface area contributed by atoms with Crippen LogP contribution < -0.4 is 14.4 Å². The Bertz CT molecular complexity index is 1030. The predicted octanol–water partition coefficient (Wildman–Crippen LogP) is 7.54. The van der Waals surface area contributed by atoms with Gasteiger partial charge in [0.05, 0.1) is 11.1 Å². The van der Waals surface area contributed by atoms with Crippen molar-refractivity contribution >= 4 is 32.7 Å². The summed E-state index contributed by atoms with van der Waals surface area (Å²) >= 11 is 3.77. The van der Waals surface area contributed by atoms with E-state index in [1.54, 1.807) is 0 Å². The van der Waals surface area contributed by atoms with Crippen LogP contribution in [0.2, 0.25) is 0 Å². The van der Waals surface area contributed by atoms with Gasteiger partial charge < -0.3 is 19.3 Å². The van der Waals surface area contributed by atoms with Crippen molar-refractivity contribution < 1.29 is 9.47 Å². The van der Waals surface area contributed by atoms with Crippen LogP contribution >= 0.6 is 15.9 Å². The predicted molar refractivity (Wildman–Crippen MR) is 157 cm³/mol. The van der Waals surface area contributed by atoms with Crippen molar-refractivity contribution in [3.8, 4) is 11.8 Å². The van der Waals surface area contributed by atoms with E-state index < -0.39 is 0 Å². The Morgan fingerprint density at radius 1 is 1.03 bits per heavy atom. The van der Waals surface area contributed by atoms with Gasteiger partial charge in [0, 0.05) is 31.6 Å². The molecule has 7 heteroatoms. The summed E-state index contributed by atoms with van der Waals surface area (Å²) in [6.45, 7) is 16.9. The molecule has 2 aliphatic heterocycles. The van der Waals surface area contributed by atoms with Crippen molar-refractivity contribution in [2.45, 2.75) is 98.5 Å². The number of anilines is 1. The molecule has 2 fully saturated rings. The molecular formula is C30H47BrN4O2. The Hall–Kier alpha value is -1.60. The fourth-order valence-corrected chi connectivity index (χ4v) is 6.51. The molecule has 0 bridgehead atoms. The number of hydrogen-bond acceptors (Lipinski definition) is 6. The molecule has 2 saturated heterocycles. The Labute approximate surface area is 232 Å². The van der Waals surface area contributed by atoms with E-state index in [0.717, 1.165) is 78.1 Å². The summed E-state index contributed by atoms with van der Waals surface area (Å²) in [4.78, 5) is 15.0. The summed E-state index contributed by atoms with van der Waals surface area (Å²) < 4.78 is 13.6. The number of aryl methyl sites for hydroxylation is 1. The van der Waals surface area contributed by atoms with Crippen LogP contribution in [0.3, 0.4) is 0 Å². The van der Waals surface area contributed by atoms with Gasteiger partial charge in [0.25, 0.3) is 0 Å². The lowest BCUT2D eigenvalue weighted by atomic mass is 9.72. The molecule has 0 spiro atoms. The maximum Gasteiger partial charge on any atom is 0.319 e. The normalized spacial score (nSPS) is 18.9. The molecular weight excluding hydrogens is 528 g/mol. The van der Waals surface area contributed by atoms with E-state index in [2.05, 4.69) is 59.5 Å². The summed E-state index contributed by atoms with van der Waals surface area (Å²) in [6.07, 6.45) is 11.2. The minimum absolute atomic E-state index is 0.158. The molecule has 2 aromatic rings. The first-order chi connectivity index (χ1) is 17.9. The lowest BCUT2D eigenvalue weighted by Crippen LogP contribution is -2.40. The van der Waals surface area contributed by atoms with Gasteiger partial charge in [0.2, 0.25) is 0 Å². The van der Waals surface area contributed by atoms with Crippen LogP contribution in [0.25, 0.3) is 10.9 Å². The molecule has 3 heterocycles. The van der Waals surface area contributed by atoms with Crippen molar-refractivity contribution in [3.63, 3.8) is 0 Å². The van der Waals surface area contributed by atoms with E-state index in [0.29, 0.717) is 18.0 Å². The molecule has 1 aromatic heterocycles. The van der Waals surface area contributed by atoms with Gasteiger partial charge in [-0.05, 0) is 85.5 Å². The van der Waals surface area contributed by atoms with Crippen LogP contribution in [0.15, 0.2) is 10.5 Å². The molecule has 6 nitrogen and oxygen atoms in total. The maximum absolute atomic E-state index is 6.47. The molecule has 0 aliphatic carbocycles. The number of unbranched alkanes of at least 4 members (excludes halogenated alkanes) is 2. The standard InChI is InChI=1S/C30H47BrN4O2/c1-6-10-11-14-30(7-2)15-19-35(20-16-30)28-24-21-22(5)25(31)27(36-9-4)26(24)32-29(33-28)37-23-12-17-34(8-3)18-13-23/h21,23H,6-20H2,1-5H3. The monoisotopic (exact) mass is 574 g/mol. The Balaban J connectivity index is 1.66. The van der Waals surface area contributed by atoms with Gasteiger partial charge in [0.15, 0.2) is 5.75 Å². The molecule has 4 rings (SSSR count). The van der Waals surface area contributed by atoms with E-state index in [-0.39, 0.29) is 6.10 Å². The zero-order chi connectivity index (χ0) is 26.4. The van der Waals surface area contributed by atoms with Gasteiger partial charge in [-0.2, -0.15) is 9.97 Å². The molecule has 0 unspecified atom stereocenters. The second kappa shape index (κ2) is 13.0. The number of rotatable bonds is 11. The van der Waals surface area contributed by atoms with Crippen molar-refractivity contribution in [1.29, 1.82) is 0 Å². The van der Waals surface area contributed by atoms with Crippen molar-refractivity contribution in [2.24, 2.45) is 5.41 Å². The molecule has 206 valence electrons. The van der Waals surface area contributed by atoms with Crippen molar-refractivity contribution in [1.82, 2.24) is 14.9 Å². The quantitative estimate of drug-likeness (QED) is 0.258. The van der Waals surface area contributed by atoms with Crippen LogP contribution in [0.5, 0.6) is 11.8 Å². The van der Waals surface area contributed by atoms with Crippen molar-refractivity contribution in [2.75, 3.05) is 44.2 Å². The highest BCUT2D eigenvalue weighted by Gasteiger charge is 2.34. The summed E-state index contributed by atoms with van der Waals surface area (Å²) in [5, 5.41) is 1.06. The first-order valence-corrected chi connectivity index (χ1v) is 15.5. The number of fused-ring (bicyclic) bond motifs is 1. The number of ether oxygens (including phenoxy) is 2. The highest BCUT2D eigenvalue weighted by molar-refractivity contribution is 9.10. The number of nitrogens with zero attached hydrogens (tertiary/aromatic N) is 4. The lowest BCUT2D eigenvalue weighted by molar-refractivity contribution is 0.0959. The Morgan fingerprint density at radius 3 is 2.38 bits per heavy atom. The number of piperidine rings is 2. The molecule has 0 saturated carbocycles. The van der Waals surface area contributed by atoms with Crippen LogP contribution in [0.1, 0.15) is 91.0 Å². The highest BCUT2D eigenvalue weighted by atomic mass is 79.9. The van der Waals surface area contributed by atoms with Crippen LogP contribution in [-0.4, -0.2) is 60.3 Å². The largest absolute Gasteiger partial charge is 0.490 e. The minimum atomic E-state index is 0.158. The Kier molecular flexibility index (Phi) is 9.96. The van der Waals surface area contributed by atoms with Gasteiger partial charge in [-0.1, -0.05) is 46.5 Å². The van der Waals surface area contributed by atoms with E-state index in [1.165, 1.54) is 44.9 Å². The van der Waals surface area contributed by atoms with E-state index in [4.69, 9.17) is 19.4 Å². The summed E-state index contributed by atoms with van der Waals surface area (Å²) in [7, 11) is 0. The van der Waals surface area contributed by atoms with E-state index in [1.807, 2.05) is 6.92 Å². The molecule has 1 aromatic carbocycles. The average Bonchev–Trinajstić information content (AvgIpc) is 2.92. The highest BCUT2D eigenvalue weighted by Crippen LogP contribution is 2.44. The third-order valence-corrected chi connectivity index (χ3v) is 9.74. The first kappa shape index (κ1) is 28.4. The third kappa shape index (κ3) is 6.52. The molecule has 2 aliphatic rings. The van der Waals surface area contributed by atoms with Gasteiger partial charge >= 0.3 is 6.01 Å². The van der Waals surface area contributed by atoms with Gasteiger partial charge in [-0.25, -0.2) is 0 Å². The fraction of sp³-hybridized carbons (Fsp3) is 0.733. The van der Waals surface area contributed by atoms with Crippen LogP contribution in [0, 0.1) is 12.3 Å². The number of aromatic nitrogens is 2. The first-order valence-electron chi connectivity index (χ1n) is 14.7. The lowest BCUT2D eigenvalue weighted by Gasteiger charge is -2.42. The summed E-state index contributed by atoms with van der Waals surface area (Å²) in [6, 6.07) is 2.70. The molecule has 0 N–H and O–H groups in total. The topological polar surface area (TPSA) is 50.7 Å². The maximum atomic E-state index is 6.47. The fourth-order valence-electron chi connectivity index (χ4n) is 6.09. The minimum Gasteiger partial charge on any atom is -0.490 e. The number of benzene rings is 1. The zero-order valence-electron chi connectivity index (χ0n) is 23.7. The summed E-state index contributed by atoms with van der Waals surface area (Å²) in [5.74, 6) is 1.80. The van der Waals surface area contributed by atoms with Crippen LogP contribution in [-0.2, 0) is 0 Å². The number of hydrogen-bond donors (Lipinski definition) is 0. The second-order valence-electron chi connectivity index (χ2n) is 11.0. The van der Waals surface area contributed by atoms with Gasteiger partial charge in [-0.3, -0.25) is 0 Å². The van der Waals surface area contributed by atoms with Gasteiger partial charge in [0.1, 0.15) is 17.4 Å². The van der Waals surface area contributed by atoms with Crippen LogP contribution in [0.4, 0.5) is 5.82 Å². The average molecular weight is 576 g/mol. The molecule has 0 atom stereocenters.